The Hall–Kier alpha value is -2.25. The minimum Gasteiger partial charge on any atom is -0.480 e. The van der Waals surface area contributed by atoms with Crippen LogP contribution in [0.1, 0.15) is 102 Å². The summed E-state index contributed by atoms with van der Waals surface area (Å²) in [5, 5.41) is 15.1. The van der Waals surface area contributed by atoms with Crippen LogP contribution in [-0.4, -0.2) is 68.9 Å². The van der Waals surface area contributed by atoms with Gasteiger partial charge >= 0.3 is 5.97 Å². The molecule has 6 nitrogen and oxygen atoms in total. The van der Waals surface area contributed by atoms with E-state index in [1.54, 1.807) is 6.07 Å². The quantitative estimate of drug-likeness (QED) is 0.408. The Morgan fingerprint density at radius 3 is 2.49 bits per heavy atom. The van der Waals surface area contributed by atoms with Gasteiger partial charge in [0.1, 0.15) is 11.9 Å². The Morgan fingerprint density at radius 1 is 1.20 bits per heavy atom. The Balaban J connectivity index is 1.37. The zero-order chi connectivity index (χ0) is 29.7. The highest BCUT2D eigenvalue weighted by atomic mass is 19.1. The minimum atomic E-state index is -0.770. The predicted octanol–water partition coefficient (Wildman–Crippen LogP) is 6.27. The highest BCUT2D eigenvalue weighted by Gasteiger charge is 2.49. The molecule has 7 heteroatoms. The molecule has 1 saturated carbocycles. The molecule has 0 radical (unpaired) electrons. The summed E-state index contributed by atoms with van der Waals surface area (Å²) in [6, 6.07) is 7.01. The molecule has 226 valence electrons. The van der Waals surface area contributed by atoms with Crippen molar-refractivity contribution in [1.29, 1.82) is 0 Å². The summed E-state index contributed by atoms with van der Waals surface area (Å²) in [6.45, 7) is 15.9. The fourth-order valence-electron chi connectivity index (χ4n) is 8.91. The van der Waals surface area contributed by atoms with Crippen molar-refractivity contribution < 1.29 is 14.3 Å². The van der Waals surface area contributed by atoms with Gasteiger partial charge < -0.3 is 10.0 Å². The van der Waals surface area contributed by atoms with Crippen LogP contribution in [0.4, 0.5) is 4.39 Å². The molecule has 2 heterocycles. The van der Waals surface area contributed by atoms with Gasteiger partial charge in [0.05, 0.1) is 5.69 Å². The second kappa shape index (κ2) is 11.4. The van der Waals surface area contributed by atoms with Crippen molar-refractivity contribution in [2.45, 2.75) is 122 Å². The maximum Gasteiger partial charge on any atom is 0.321 e. The Bertz CT molecular complexity index is 1240. The number of carboxylic acid groups (broad SMARTS) is 1. The summed E-state index contributed by atoms with van der Waals surface area (Å²) in [7, 11) is 1.98. The smallest absolute Gasteiger partial charge is 0.321 e. The number of carboxylic acids is 1. The van der Waals surface area contributed by atoms with Crippen LogP contribution in [0.25, 0.3) is 0 Å². The van der Waals surface area contributed by atoms with E-state index in [0.717, 1.165) is 63.7 Å². The lowest BCUT2D eigenvalue weighted by Crippen LogP contribution is -2.51. The number of carbonyl (C=O) groups is 1. The van der Waals surface area contributed by atoms with Gasteiger partial charge in [0.15, 0.2) is 0 Å². The third-order valence-corrected chi connectivity index (χ3v) is 11.0. The van der Waals surface area contributed by atoms with Crippen LogP contribution >= 0.6 is 0 Å². The van der Waals surface area contributed by atoms with Crippen LogP contribution in [0.5, 0.6) is 0 Å². The molecule has 41 heavy (non-hydrogen) atoms. The van der Waals surface area contributed by atoms with Crippen LogP contribution in [0.3, 0.4) is 0 Å². The number of halogens is 1. The number of aromatic nitrogens is 2. The molecule has 1 spiro atoms. The highest BCUT2D eigenvalue weighted by Crippen LogP contribution is 2.50. The third kappa shape index (κ3) is 5.49. The number of fused-ring (bicyclic) bond motifs is 2. The van der Waals surface area contributed by atoms with Crippen molar-refractivity contribution in [1.82, 2.24) is 19.6 Å². The highest BCUT2D eigenvalue weighted by molar-refractivity contribution is 5.74. The fourth-order valence-corrected chi connectivity index (χ4v) is 8.91. The van der Waals surface area contributed by atoms with E-state index in [4.69, 9.17) is 5.10 Å². The number of hydrogen-bond acceptors (Lipinski definition) is 4. The number of hydrogen-bond donors (Lipinski definition) is 1. The van der Waals surface area contributed by atoms with Gasteiger partial charge in [-0.2, -0.15) is 5.10 Å². The lowest BCUT2D eigenvalue weighted by atomic mass is 9.75. The van der Waals surface area contributed by atoms with Crippen LogP contribution in [0, 0.1) is 17.2 Å². The van der Waals surface area contributed by atoms with Gasteiger partial charge in [-0.3, -0.25) is 14.4 Å². The molecule has 1 aromatic carbocycles. The number of likely N-dealkylation sites (tertiary alicyclic amines) is 1. The molecule has 5 atom stereocenters. The molecular weight excluding hydrogens is 515 g/mol. The Kier molecular flexibility index (Phi) is 8.43. The first-order valence-electron chi connectivity index (χ1n) is 15.9. The Morgan fingerprint density at radius 2 is 1.90 bits per heavy atom. The number of rotatable bonds is 8. The van der Waals surface area contributed by atoms with E-state index in [2.05, 4.69) is 41.3 Å². The predicted molar refractivity (Wildman–Crippen MR) is 162 cm³/mol. The SMILES string of the molecule is CCc1nn(CC)c2c1CCC21CCN(C(C)[C@H]2C[C@H](N(C)[C@@H](C(=O)O)C(C)(C)C)C[C@@H]2c2cccc(F)c2)CC1. The molecule has 2 aromatic rings. The average molecular weight is 567 g/mol. The largest absolute Gasteiger partial charge is 0.480 e. The first-order valence-corrected chi connectivity index (χ1v) is 15.9. The van der Waals surface area contributed by atoms with Gasteiger partial charge in [-0.05, 0) is 119 Å². The number of piperidine rings is 1. The molecule has 0 bridgehead atoms. The molecular formula is C34H51FN4O2. The molecule has 1 aliphatic heterocycles. The van der Waals surface area contributed by atoms with Crippen LogP contribution in [0.15, 0.2) is 24.3 Å². The first-order chi connectivity index (χ1) is 19.4. The van der Waals surface area contributed by atoms with E-state index in [1.807, 2.05) is 33.9 Å². The van der Waals surface area contributed by atoms with Gasteiger partial charge in [-0.1, -0.05) is 39.8 Å². The third-order valence-electron chi connectivity index (χ3n) is 11.0. The van der Waals surface area contributed by atoms with E-state index in [0.29, 0.717) is 12.0 Å². The molecule has 1 unspecified atom stereocenters. The lowest BCUT2D eigenvalue weighted by molar-refractivity contribution is -0.148. The van der Waals surface area contributed by atoms with E-state index >= 15 is 0 Å². The molecule has 1 N–H and O–H groups in total. The Labute approximate surface area is 246 Å². The van der Waals surface area contributed by atoms with E-state index in [9.17, 15) is 14.3 Å². The van der Waals surface area contributed by atoms with Crippen LogP contribution in [0.2, 0.25) is 0 Å². The van der Waals surface area contributed by atoms with Crippen molar-refractivity contribution in [2.24, 2.45) is 11.3 Å². The second-order valence-corrected chi connectivity index (χ2v) is 14.2. The van der Waals surface area contributed by atoms with Crippen molar-refractivity contribution >= 4 is 5.97 Å². The van der Waals surface area contributed by atoms with Gasteiger partial charge in [0.25, 0.3) is 0 Å². The van der Waals surface area contributed by atoms with Gasteiger partial charge in [-0.15, -0.1) is 0 Å². The number of benzene rings is 1. The molecule has 1 aromatic heterocycles. The lowest BCUT2D eigenvalue weighted by Gasteiger charge is -2.45. The number of aryl methyl sites for hydroxylation is 2. The van der Waals surface area contributed by atoms with Gasteiger partial charge in [0, 0.05) is 29.7 Å². The summed E-state index contributed by atoms with van der Waals surface area (Å²) in [5.41, 5.74) is 5.24. The first kappa shape index (κ1) is 30.2. The average Bonchev–Trinajstić information content (AvgIpc) is 3.62. The molecule has 2 fully saturated rings. The van der Waals surface area contributed by atoms with Crippen LogP contribution < -0.4 is 0 Å². The van der Waals surface area contributed by atoms with Crippen molar-refractivity contribution in [3.8, 4) is 0 Å². The summed E-state index contributed by atoms with van der Waals surface area (Å²) < 4.78 is 16.7. The van der Waals surface area contributed by atoms with Gasteiger partial charge in [-0.25, -0.2) is 4.39 Å². The maximum absolute atomic E-state index is 14.4. The molecule has 0 amide bonds. The fraction of sp³-hybridized carbons (Fsp3) is 0.706. The van der Waals surface area contributed by atoms with Crippen molar-refractivity contribution in [3.63, 3.8) is 0 Å². The standard InChI is InChI=1S/C34H51FN4O2/c1-8-29-26-13-14-34(30(26)39(9-2)36-29)15-17-38(18-16-34)22(3)27-20-25(37(7)31(32(40)41)33(4,5)6)21-28(27)23-11-10-12-24(35)19-23/h10-12,19,22,25,27-28,31H,8-9,13-18,20-21H2,1-7H3,(H,40,41)/t22?,25-,27+,28+,31-/m0/s1. The summed E-state index contributed by atoms with van der Waals surface area (Å²) >= 11 is 0. The normalized spacial score (nSPS) is 26.0. The van der Waals surface area contributed by atoms with Gasteiger partial charge in [0.2, 0.25) is 0 Å². The molecule has 5 rings (SSSR count). The molecule has 2 aliphatic carbocycles. The second-order valence-electron chi connectivity index (χ2n) is 14.2. The van der Waals surface area contributed by atoms with Crippen molar-refractivity contribution in [2.75, 3.05) is 20.1 Å². The van der Waals surface area contributed by atoms with E-state index in [-0.39, 0.29) is 28.6 Å². The molecule has 1 saturated heterocycles. The monoisotopic (exact) mass is 566 g/mol. The summed E-state index contributed by atoms with van der Waals surface area (Å²) in [5.74, 6) is -0.432. The van der Waals surface area contributed by atoms with E-state index < -0.39 is 12.0 Å². The van der Waals surface area contributed by atoms with E-state index in [1.165, 1.54) is 29.4 Å². The van der Waals surface area contributed by atoms with Crippen molar-refractivity contribution in [3.05, 3.63) is 52.6 Å². The maximum atomic E-state index is 14.4. The number of aliphatic carboxylic acids is 1. The summed E-state index contributed by atoms with van der Waals surface area (Å²) in [4.78, 5) is 17.2. The zero-order valence-corrected chi connectivity index (χ0v) is 26.3. The number of nitrogens with zero attached hydrogens (tertiary/aromatic N) is 4. The molecule has 3 aliphatic rings. The zero-order valence-electron chi connectivity index (χ0n) is 26.3. The number of likely N-dealkylation sites (N-methyl/N-ethyl adjacent to an activating group) is 1. The summed E-state index contributed by atoms with van der Waals surface area (Å²) in [6.07, 6.45) is 7.49. The topological polar surface area (TPSA) is 61.6 Å². The minimum absolute atomic E-state index is 0.135. The van der Waals surface area contributed by atoms with Crippen LogP contribution in [-0.2, 0) is 29.6 Å².